The van der Waals surface area contributed by atoms with E-state index < -0.39 is 0 Å². The predicted octanol–water partition coefficient (Wildman–Crippen LogP) is 26.2. The van der Waals surface area contributed by atoms with Gasteiger partial charge in [-0.1, -0.05) is 255 Å². The summed E-state index contributed by atoms with van der Waals surface area (Å²) in [7, 11) is 0. The van der Waals surface area contributed by atoms with Crippen LogP contribution in [0.1, 0.15) is 0 Å². The molecule has 3 nitrogen and oxygen atoms in total. The fourth-order valence-electron chi connectivity index (χ4n) is 15.2. The number of aromatic amines is 1. The standard InChI is InChI=1S/C96H63N3/c1-5-17-63(18-6-1)69-25-13-29-73(53-69)79-39-49-93-87(59-79)88-60-80(74-30-14-26-70(54-74)64-19-7-2-8-20-64)40-50-94(88)98(93)83-43-33-67(34-44-83)77-37-47-91-85(57-77)86-58-78(38-48-92(86)97-91)68-35-45-84(46-36-68)99-95-51-41-81(75-31-15-27-71(55-75)65-21-9-3-10-22-65)61-89(95)90-62-82(42-52-96(90)99)76-32-16-28-72(56-76)66-23-11-4-12-24-66/h1-62,97H. The van der Waals surface area contributed by atoms with Gasteiger partial charge in [0.15, 0.2) is 0 Å². The Morgan fingerprint density at radius 2 is 0.333 bits per heavy atom. The van der Waals surface area contributed by atoms with Crippen molar-refractivity contribution < 1.29 is 0 Å². The van der Waals surface area contributed by atoms with Crippen molar-refractivity contribution in [1.29, 1.82) is 0 Å². The van der Waals surface area contributed by atoms with E-state index in [0.717, 1.165) is 33.5 Å². The third-order valence-corrected chi connectivity index (χ3v) is 20.3. The second-order valence-electron chi connectivity index (χ2n) is 26.1. The number of hydrogen-bond acceptors (Lipinski definition) is 0. The minimum atomic E-state index is 1.11. The largest absolute Gasteiger partial charge is 0.355 e. The zero-order valence-electron chi connectivity index (χ0n) is 54.2. The van der Waals surface area contributed by atoms with Gasteiger partial charge in [0.2, 0.25) is 0 Å². The van der Waals surface area contributed by atoms with Crippen LogP contribution in [-0.4, -0.2) is 14.1 Å². The van der Waals surface area contributed by atoms with Gasteiger partial charge in [0.25, 0.3) is 0 Å². The maximum absolute atomic E-state index is 3.75. The zero-order chi connectivity index (χ0) is 65.3. The van der Waals surface area contributed by atoms with Gasteiger partial charge < -0.3 is 14.1 Å². The summed E-state index contributed by atoms with van der Waals surface area (Å²) in [5, 5.41) is 7.26. The molecule has 16 aromatic carbocycles. The highest BCUT2D eigenvalue weighted by Gasteiger charge is 2.20. The molecule has 462 valence electrons. The van der Waals surface area contributed by atoms with E-state index in [1.807, 2.05) is 0 Å². The lowest BCUT2D eigenvalue weighted by Crippen LogP contribution is -1.94. The number of aromatic nitrogens is 3. The number of nitrogens with one attached hydrogen (secondary N) is 1. The van der Waals surface area contributed by atoms with Crippen molar-refractivity contribution in [2.24, 2.45) is 0 Å². The van der Waals surface area contributed by atoms with Crippen LogP contribution in [0.3, 0.4) is 0 Å². The van der Waals surface area contributed by atoms with Gasteiger partial charge >= 0.3 is 0 Å². The molecule has 0 aliphatic heterocycles. The number of H-pyrrole nitrogens is 1. The van der Waals surface area contributed by atoms with E-state index in [1.54, 1.807) is 0 Å². The number of rotatable bonds is 12. The summed E-state index contributed by atoms with van der Waals surface area (Å²) in [4.78, 5) is 3.75. The van der Waals surface area contributed by atoms with Crippen LogP contribution in [-0.2, 0) is 0 Å². The monoisotopic (exact) mass is 1260 g/mol. The molecule has 0 saturated carbocycles. The molecular formula is C96H63N3. The van der Waals surface area contributed by atoms with Crippen molar-refractivity contribution in [2.45, 2.75) is 0 Å². The molecule has 0 saturated heterocycles. The molecule has 0 fully saturated rings. The molecular weight excluding hydrogens is 1200 g/mol. The summed E-state index contributed by atoms with van der Waals surface area (Å²) in [5.74, 6) is 0. The van der Waals surface area contributed by atoms with Crippen LogP contribution < -0.4 is 0 Å². The molecule has 0 aliphatic carbocycles. The molecule has 19 rings (SSSR count). The number of fused-ring (bicyclic) bond motifs is 9. The fraction of sp³-hybridized carbons (Fsp3) is 0. The Kier molecular flexibility index (Phi) is 13.9. The minimum Gasteiger partial charge on any atom is -0.355 e. The van der Waals surface area contributed by atoms with Crippen molar-refractivity contribution in [3.63, 3.8) is 0 Å². The smallest absolute Gasteiger partial charge is 0.0541 e. The highest BCUT2D eigenvalue weighted by atomic mass is 15.0. The molecule has 0 bridgehead atoms. The van der Waals surface area contributed by atoms with Gasteiger partial charge in [0, 0.05) is 54.7 Å². The molecule has 99 heavy (non-hydrogen) atoms. The lowest BCUT2D eigenvalue weighted by Gasteiger charge is -2.11. The first-order chi connectivity index (χ1) is 49.0. The van der Waals surface area contributed by atoms with Crippen LogP contribution in [0.4, 0.5) is 0 Å². The second-order valence-corrected chi connectivity index (χ2v) is 26.1. The van der Waals surface area contributed by atoms with Gasteiger partial charge in [-0.15, -0.1) is 0 Å². The first kappa shape index (κ1) is 57.4. The van der Waals surface area contributed by atoms with Gasteiger partial charge in [-0.3, -0.25) is 0 Å². The topological polar surface area (TPSA) is 25.6 Å². The SMILES string of the molecule is c1ccc(-c2cccc(-c3ccc4c(c3)c3cc(-c5cccc(-c6ccccc6)c5)ccc3n4-c3ccc(-c4ccc5[nH]c6ccc(-c7ccc(-n8c9ccc(-c%10cccc(-c%11ccccc%11)c%10)cc9c9cc(-c%10cccc(-c%11ccccc%11)c%10)ccc98)cc7)cc6c5c4)cc3)c2)cc1. The normalized spacial score (nSPS) is 11.6. The van der Waals surface area contributed by atoms with Crippen LogP contribution in [0.15, 0.2) is 376 Å². The van der Waals surface area contributed by atoms with E-state index in [4.69, 9.17) is 0 Å². The molecule has 3 heterocycles. The van der Waals surface area contributed by atoms with E-state index in [9.17, 15) is 0 Å². The van der Waals surface area contributed by atoms with E-state index in [1.165, 1.54) is 155 Å². The lowest BCUT2D eigenvalue weighted by atomic mass is 9.96. The highest BCUT2D eigenvalue weighted by Crippen LogP contribution is 2.43. The van der Waals surface area contributed by atoms with Crippen molar-refractivity contribution in [2.75, 3.05) is 0 Å². The Balaban J connectivity index is 0.657. The van der Waals surface area contributed by atoms with Crippen molar-refractivity contribution in [3.05, 3.63) is 376 Å². The zero-order valence-corrected chi connectivity index (χ0v) is 54.2. The van der Waals surface area contributed by atoms with Crippen LogP contribution in [0, 0.1) is 0 Å². The highest BCUT2D eigenvalue weighted by molar-refractivity contribution is 6.14. The summed E-state index contributed by atoms with van der Waals surface area (Å²) in [6.07, 6.45) is 0. The van der Waals surface area contributed by atoms with Crippen molar-refractivity contribution in [3.8, 4) is 123 Å². The Labute approximate surface area is 574 Å². The molecule has 0 aliphatic rings. The molecule has 3 aromatic heterocycles. The summed E-state index contributed by atoms with van der Waals surface area (Å²) in [6.45, 7) is 0. The predicted molar refractivity (Wildman–Crippen MR) is 419 cm³/mol. The summed E-state index contributed by atoms with van der Waals surface area (Å²) < 4.78 is 4.88. The molecule has 0 atom stereocenters. The van der Waals surface area contributed by atoms with Gasteiger partial charge in [0.1, 0.15) is 0 Å². The number of benzene rings is 16. The quantitative estimate of drug-likeness (QED) is 0.126. The molecule has 0 radical (unpaired) electrons. The second kappa shape index (κ2) is 24.0. The number of nitrogens with zero attached hydrogens (tertiary/aromatic N) is 2. The fourth-order valence-corrected chi connectivity index (χ4v) is 15.2. The average Bonchev–Trinajstić information content (AvgIpc) is 1.60. The van der Waals surface area contributed by atoms with E-state index in [-0.39, 0.29) is 0 Å². The third-order valence-electron chi connectivity index (χ3n) is 20.3. The maximum atomic E-state index is 3.75. The van der Waals surface area contributed by atoms with E-state index >= 15 is 0 Å². The average molecular weight is 1260 g/mol. The first-order valence-corrected chi connectivity index (χ1v) is 34.1. The molecule has 0 unspecified atom stereocenters. The van der Waals surface area contributed by atoms with Crippen LogP contribution >= 0.6 is 0 Å². The minimum absolute atomic E-state index is 1.11. The molecule has 0 spiro atoms. The summed E-state index contributed by atoms with van der Waals surface area (Å²) >= 11 is 0. The third kappa shape index (κ3) is 10.4. The van der Waals surface area contributed by atoms with Crippen molar-refractivity contribution in [1.82, 2.24) is 14.1 Å². The number of hydrogen-bond donors (Lipinski definition) is 1. The van der Waals surface area contributed by atoms with E-state index in [0.29, 0.717) is 0 Å². The molecule has 0 amide bonds. The Morgan fingerprint density at radius 1 is 0.141 bits per heavy atom. The van der Waals surface area contributed by atoms with Gasteiger partial charge in [-0.25, -0.2) is 0 Å². The van der Waals surface area contributed by atoms with E-state index in [2.05, 4.69) is 390 Å². The first-order valence-electron chi connectivity index (χ1n) is 34.1. The Morgan fingerprint density at radius 3 is 0.606 bits per heavy atom. The van der Waals surface area contributed by atoms with Gasteiger partial charge in [-0.2, -0.15) is 0 Å². The molecule has 19 aromatic rings. The Hall–Kier alpha value is -13.1. The summed E-state index contributed by atoms with van der Waals surface area (Å²) in [5.41, 5.74) is 33.0. The van der Waals surface area contributed by atoms with Crippen molar-refractivity contribution >= 4 is 65.4 Å². The molecule has 3 heteroatoms. The lowest BCUT2D eigenvalue weighted by molar-refractivity contribution is 1.18. The van der Waals surface area contributed by atoms with Gasteiger partial charge in [-0.05, 0) is 233 Å². The van der Waals surface area contributed by atoms with Crippen LogP contribution in [0.25, 0.3) is 188 Å². The van der Waals surface area contributed by atoms with Crippen LogP contribution in [0.2, 0.25) is 0 Å². The van der Waals surface area contributed by atoms with Crippen LogP contribution in [0.5, 0.6) is 0 Å². The maximum Gasteiger partial charge on any atom is 0.0541 e. The van der Waals surface area contributed by atoms with Gasteiger partial charge in [0.05, 0.1) is 22.1 Å². The summed E-state index contributed by atoms with van der Waals surface area (Å²) in [6, 6.07) is 138. The molecule has 1 N–H and O–H groups in total. The Bertz CT molecular complexity index is 5630.